The van der Waals surface area contributed by atoms with E-state index in [-0.39, 0.29) is 6.03 Å². The highest BCUT2D eigenvalue weighted by atomic mass is 35.5. The van der Waals surface area contributed by atoms with Crippen molar-refractivity contribution in [3.05, 3.63) is 46.1 Å². The van der Waals surface area contributed by atoms with Crippen molar-refractivity contribution in [2.24, 2.45) is 5.92 Å². The number of carbonyl (C=O) groups is 2. The summed E-state index contributed by atoms with van der Waals surface area (Å²) in [5.41, 5.74) is 1.69. The lowest BCUT2D eigenvalue weighted by Gasteiger charge is -2.28. The van der Waals surface area contributed by atoms with Crippen molar-refractivity contribution in [1.29, 1.82) is 0 Å². The number of nitrogens with one attached hydrogen (secondary N) is 2. The minimum atomic E-state index is -0.549. The number of esters is 1. The molecule has 0 aromatic heterocycles. The standard InChI is InChI=1S/C17H21ClN2O3/c1-10(2)8-9-23-16(21)14-11(3)19-17(22)20-15(14)12-4-6-13(18)7-5-12/h4-7,10,15H,8-9H2,1-3H3,(H2,19,20,22)/t15-/m0/s1. The molecule has 2 amide bonds. The van der Waals surface area contributed by atoms with E-state index < -0.39 is 12.0 Å². The average molecular weight is 337 g/mol. The van der Waals surface area contributed by atoms with Gasteiger partial charge in [0.05, 0.1) is 18.2 Å². The van der Waals surface area contributed by atoms with Crippen molar-refractivity contribution in [2.75, 3.05) is 6.61 Å². The van der Waals surface area contributed by atoms with Crippen molar-refractivity contribution in [2.45, 2.75) is 33.2 Å². The maximum Gasteiger partial charge on any atom is 0.338 e. The molecule has 0 saturated heterocycles. The van der Waals surface area contributed by atoms with Crippen LogP contribution in [0.5, 0.6) is 0 Å². The van der Waals surface area contributed by atoms with Gasteiger partial charge in [-0.25, -0.2) is 9.59 Å². The number of allylic oxidation sites excluding steroid dienone is 1. The topological polar surface area (TPSA) is 67.4 Å². The minimum absolute atomic E-state index is 0.346. The van der Waals surface area contributed by atoms with Crippen molar-refractivity contribution >= 4 is 23.6 Å². The second kappa shape index (κ2) is 7.51. The molecule has 2 N–H and O–H groups in total. The van der Waals surface area contributed by atoms with Crippen molar-refractivity contribution in [3.63, 3.8) is 0 Å². The highest BCUT2D eigenvalue weighted by Gasteiger charge is 2.32. The molecular formula is C17H21ClN2O3. The van der Waals surface area contributed by atoms with Gasteiger partial charge in [-0.2, -0.15) is 0 Å². The molecule has 5 nitrogen and oxygen atoms in total. The van der Waals surface area contributed by atoms with Crippen LogP contribution in [-0.2, 0) is 9.53 Å². The van der Waals surface area contributed by atoms with Gasteiger partial charge in [0, 0.05) is 10.7 Å². The molecule has 0 fully saturated rings. The zero-order valence-corrected chi connectivity index (χ0v) is 14.2. The normalized spacial score (nSPS) is 17.8. The summed E-state index contributed by atoms with van der Waals surface area (Å²) in [5.74, 6) is 0.0322. The Morgan fingerprint density at radius 2 is 1.96 bits per heavy atom. The second-order valence-electron chi connectivity index (χ2n) is 5.94. The average Bonchev–Trinajstić information content (AvgIpc) is 2.46. The van der Waals surface area contributed by atoms with Crippen molar-refractivity contribution in [3.8, 4) is 0 Å². The number of benzene rings is 1. The van der Waals surface area contributed by atoms with Gasteiger partial charge in [0.25, 0.3) is 0 Å². The third kappa shape index (κ3) is 4.48. The summed E-state index contributed by atoms with van der Waals surface area (Å²) in [6.07, 6.45) is 0.795. The first-order valence-electron chi connectivity index (χ1n) is 7.59. The number of carbonyl (C=O) groups excluding carboxylic acids is 2. The third-order valence-corrected chi connectivity index (χ3v) is 3.87. The summed E-state index contributed by atoms with van der Waals surface area (Å²) in [4.78, 5) is 24.2. The molecule has 1 aromatic rings. The lowest BCUT2D eigenvalue weighted by Crippen LogP contribution is -2.45. The molecule has 0 saturated carbocycles. The maximum absolute atomic E-state index is 12.4. The minimum Gasteiger partial charge on any atom is -0.462 e. The Morgan fingerprint density at radius 3 is 2.57 bits per heavy atom. The van der Waals surface area contributed by atoms with Gasteiger partial charge < -0.3 is 15.4 Å². The maximum atomic E-state index is 12.4. The summed E-state index contributed by atoms with van der Waals surface area (Å²) >= 11 is 5.90. The van der Waals surface area contributed by atoms with Gasteiger partial charge in [-0.15, -0.1) is 0 Å². The smallest absolute Gasteiger partial charge is 0.338 e. The second-order valence-corrected chi connectivity index (χ2v) is 6.38. The molecule has 0 radical (unpaired) electrons. The number of ether oxygens (including phenoxy) is 1. The molecule has 0 bridgehead atoms. The fourth-order valence-corrected chi connectivity index (χ4v) is 2.46. The third-order valence-electron chi connectivity index (χ3n) is 3.62. The fourth-order valence-electron chi connectivity index (χ4n) is 2.33. The highest BCUT2D eigenvalue weighted by Crippen LogP contribution is 2.28. The Morgan fingerprint density at radius 1 is 1.30 bits per heavy atom. The summed E-state index contributed by atoms with van der Waals surface area (Å²) in [6, 6.07) is 6.12. The highest BCUT2D eigenvalue weighted by molar-refractivity contribution is 6.30. The summed E-state index contributed by atoms with van der Waals surface area (Å²) in [7, 11) is 0. The number of amides is 2. The molecule has 1 aromatic carbocycles. The number of urea groups is 1. The van der Waals surface area contributed by atoms with E-state index in [4.69, 9.17) is 16.3 Å². The molecule has 1 atom stereocenters. The van der Waals surface area contributed by atoms with Crippen LogP contribution in [0.1, 0.15) is 38.8 Å². The zero-order valence-electron chi connectivity index (χ0n) is 13.5. The first kappa shape index (κ1) is 17.3. The summed E-state index contributed by atoms with van der Waals surface area (Å²) in [5, 5.41) is 5.98. The van der Waals surface area contributed by atoms with Crippen LogP contribution in [0.2, 0.25) is 5.02 Å². The predicted molar refractivity (Wildman–Crippen MR) is 89.0 cm³/mol. The van der Waals surface area contributed by atoms with E-state index in [2.05, 4.69) is 24.5 Å². The summed E-state index contributed by atoms with van der Waals surface area (Å²) in [6.45, 7) is 6.18. The Bertz CT molecular complexity index is 623. The molecule has 23 heavy (non-hydrogen) atoms. The molecule has 1 aliphatic heterocycles. The number of hydrogen-bond donors (Lipinski definition) is 2. The molecule has 6 heteroatoms. The molecule has 1 heterocycles. The van der Waals surface area contributed by atoms with Crippen LogP contribution in [0.4, 0.5) is 4.79 Å². The van der Waals surface area contributed by atoms with Gasteiger partial charge in [-0.1, -0.05) is 37.6 Å². The first-order valence-corrected chi connectivity index (χ1v) is 7.97. The lowest BCUT2D eigenvalue weighted by atomic mass is 9.95. The van der Waals surface area contributed by atoms with Crippen LogP contribution < -0.4 is 10.6 Å². The SMILES string of the molecule is CC1=C(C(=O)OCCC(C)C)[C@H](c2ccc(Cl)cc2)NC(=O)N1. The molecule has 0 aliphatic carbocycles. The number of halogens is 1. The van der Waals surface area contributed by atoms with E-state index in [1.165, 1.54) is 0 Å². The largest absolute Gasteiger partial charge is 0.462 e. The Kier molecular flexibility index (Phi) is 5.66. The van der Waals surface area contributed by atoms with E-state index in [0.29, 0.717) is 28.8 Å². The first-order chi connectivity index (χ1) is 10.9. The van der Waals surface area contributed by atoms with Gasteiger partial charge in [0.1, 0.15) is 0 Å². The van der Waals surface area contributed by atoms with E-state index in [9.17, 15) is 9.59 Å². The molecule has 1 aliphatic rings. The van der Waals surface area contributed by atoms with Gasteiger partial charge in [0.15, 0.2) is 0 Å². The van der Waals surface area contributed by atoms with Crippen molar-refractivity contribution < 1.29 is 14.3 Å². The van der Waals surface area contributed by atoms with E-state index in [0.717, 1.165) is 12.0 Å². The predicted octanol–water partition coefficient (Wildman–Crippen LogP) is 3.56. The monoisotopic (exact) mass is 336 g/mol. The fraction of sp³-hybridized carbons (Fsp3) is 0.412. The van der Waals surface area contributed by atoms with Gasteiger partial charge in [-0.05, 0) is 37.0 Å². The van der Waals surface area contributed by atoms with Crippen LogP contribution in [0.3, 0.4) is 0 Å². The van der Waals surface area contributed by atoms with Gasteiger partial charge in [-0.3, -0.25) is 0 Å². The number of rotatable bonds is 5. The van der Waals surface area contributed by atoms with Crippen LogP contribution in [0, 0.1) is 5.92 Å². The number of hydrogen-bond acceptors (Lipinski definition) is 3. The Labute approximate surface area is 141 Å². The van der Waals surface area contributed by atoms with Crippen LogP contribution >= 0.6 is 11.6 Å². The van der Waals surface area contributed by atoms with Crippen molar-refractivity contribution in [1.82, 2.24) is 10.6 Å². The van der Waals surface area contributed by atoms with E-state index in [1.54, 1.807) is 31.2 Å². The van der Waals surface area contributed by atoms with Gasteiger partial charge in [0.2, 0.25) is 0 Å². The van der Waals surface area contributed by atoms with Crippen LogP contribution in [0.25, 0.3) is 0 Å². The summed E-state index contributed by atoms with van der Waals surface area (Å²) < 4.78 is 5.36. The van der Waals surface area contributed by atoms with Crippen LogP contribution in [0.15, 0.2) is 35.5 Å². The Hall–Kier alpha value is -2.01. The van der Waals surface area contributed by atoms with Crippen LogP contribution in [-0.4, -0.2) is 18.6 Å². The quantitative estimate of drug-likeness (QED) is 0.808. The molecule has 2 rings (SSSR count). The lowest BCUT2D eigenvalue weighted by molar-refractivity contribution is -0.139. The molecule has 124 valence electrons. The van der Waals surface area contributed by atoms with E-state index in [1.807, 2.05) is 0 Å². The molecule has 0 spiro atoms. The van der Waals surface area contributed by atoms with Gasteiger partial charge >= 0.3 is 12.0 Å². The zero-order chi connectivity index (χ0) is 17.0. The molecule has 0 unspecified atom stereocenters. The van der Waals surface area contributed by atoms with E-state index >= 15 is 0 Å². The Balaban J connectivity index is 2.24. The molecular weight excluding hydrogens is 316 g/mol.